The minimum Gasteiger partial charge on any atom is -0.335 e. The predicted octanol–water partition coefficient (Wildman–Crippen LogP) is 2.51. The Labute approximate surface area is 141 Å². The maximum atomic E-state index is 12.5. The molecule has 0 radical (unpaired) electrons. The molecule has 2 aromatic rings. The third-order valence-corrected chi connectivity index (χ3v) is 4.37. The van der Waals surface area contributed by atoms with E-state index >= 15 is 0 Å². The first-order chi connectivity index (χ1) is 11.2. The molecule has 1 fully saturated rings. The van der Waals surface area contributed by atoms with Crippen molar-refractivity contribution in [1.29, 1.82) is 0 Å². The van der Waals surface area contributed by atoms with Gasteiger partial charge in [0.05, 0.1) is 0 Å². The van der Waals surface area contributed by atoms with Gasteiger partial charge in [-0.2, -0.15) is 5.10 Å². The van der Waals surface area contributed by atoms with Crippen LogP contribution in [0.4, 0.5) is 0 Å². The molecule has 1 saturated heterocycles. The fourth-order valence-corrected chi connectivity index (χ4v) is 3.03. The Morgan fingerprint density at radius 3 is 2.65 bits per heavy atom. The van der Waals surface area contributed by atoms with Crippen LogP contribution in [0.15, 0.2) is 36.5 Å². The zero-order valence-corrected chi connectivity index (χ0v) is 14.0. The highest BCUT2D eigenvalue weighted by Gasteiger charge is 2.23. The highest BCUT2D eigenvalue weighted by molar-refractivity contribution is 6.30. The Hall–Kier alpha value is -1.85. The van der Waals surface area contributed by atoms with Crippen LogP contribution in [-0.2, 0) is 13.1 Å². The molecule has 1 amide bonds. The van der Waals surface area contributed by atoms with Crippen molar-refractivity contribution < 1.29 is 4.79 Å². The van der Waals surface area contributed by atoms with Gasteiger partial charge in [-0.3, -0.25) is 14.4 Å². The molecule has 6 heteroatoms. The lowest BCUT2D eigenvalue weighted by molar-refractivity contribution is 0.0622. The van der Waals surface area contributed by atoms with Crippen LogP contribution in [0.5, 0.6) is 0 Å². The van der Waals surface area contributed by atoms with Crippen molar-refractivity contribution in [3.05, 3.63) is 52.8 Å². The molecular weight excluding hydrogens is 312 g/mol. The molecule has 0 spiro atoms. The molecule has 2 heterocycles. The number of nitrogens with zero attached hydrogens (tertiary/aromatic N) is 4. The number of aromatic nitrogens is 2. The minimum absolute atomic E-state index is 0.0274. The van der Waals surface area contributed by atoms with Crippen LogP contribution in [0.2, 0.25) is 5.02 Å². The van der Waals surface area contributed by atoms with Gasteiger partial charge in [0.2, 0.25) is 0 Å². The maximum absolute atomic E-state index is 12.5. The SMILES string of the molecule is CCn1ccc(C(=O)N2CCN(Cc3cccc(Cl)c3)CC2)n1. The first-order valence-electron chi connectivity index (χ1n) is 7.95. The van der Waals surface area contributed by atoms with Crippen LogP contribution in [-0.4, -0.2) is 51.7 Å². The van der Waals surface area contributed by atoms with E-state index in [0.717, 1.165) is 44.3 Å². The molecule has 0 unspecified atom stereocenters. The molecule has 1 aromatic heterocycles. The lowest BCUT2D eigenvalue weighted by Crippen LogP contribution is -2.48. The van der Waals surface area contributed by atoms with Gasteiger partial charge in [0.25, 0.3) is 5.91 Å². The van der Waals surface area contributed by atoms with Crippen LogP contribution in [0.25, 0.3) is 0 Å². The molecule has 0 atom stereocenters. The summed E-state index contributed by atoms with van der Waals surface area (Å²) in [6.45, 7) is 6.86. The van der Waals surface area contributed by atoms with Crippen molar-refractivity contribution in [1.82, 2.24) is 19.6 Å². The fourth-order valence-electron chi connectivity index (χ4n) is 2.82. The van der Waals surface area contributed by atoms with E-state index in [4.69, 9.17) is 11.6 Å². The summed E-state index contributed by atoms with van der Waals surface area (Å²) in [5.74, 6) is 0.0274. The Bertz CT molecular complexity index is 677. The molecule has 0 bridgehead atoms. The van der Waals surface area contributed by atoms with E-state index in [1.165, 1.54) is 5.56 Å². The number of benzene rings is 1. The number of piperazine rings is 1. The third-order valence-electron chi connectivity index (χ3n) is 4.14. The van der Waals surface area contributed by atoms with E-state index in [0.29, 0.717) is 5.69 Å². The maximum Gasteiger partial charge on any atom is 0.274 e. The summed E-state index contributed by atoms with van der Waals surface area (Å²) in [7, 11) is 0. The number of carbonyl (C=O) groups excluding carboxylic acids is 1. The third kappa shape index (κ3) is 3.92. The van der Waals surface area contributed by atoms with Crippen molar-refractivity contribution in [2.75, 3.05) is 26.2 Å². The Kier molecular flexibility index (Phi) is 4.98. The standard InChI is InChI=1S/C17H21ClN4O/c1-2-22-7-6-16(19-22)17(23)21-10-8-20(9-11-21)13-14-4-3-5-15(18)12-14/h3-7,12H,2,8-11,13H2,1H3. The number of amides is 1. The van der Waals surface area contributed by atoms with Crippen LogP contribution >= 0.6 is 11.6 Å². The normalized spacial score (nSPS) is 15.8. The molecule has 0 N–H and O–H groups in total. The van der Waals surface area contributed by atoms with Gasteiger partial charge >= 0.3 is 0 Å². The van der Waals surface area contributed by atoms with E-state index in [1.807, 2.05) is 36.2 Å². The average Bonchev–Trinajstić information content (AvgIpc) is 3.04. The summed E-state index contributed by atoms with van der Waals surface area (Å²) in [6.07, 6.45) is 1.85. The molecule has 1 aliphatic rings. The first-order valence-corrected chi connectivity index (χ1v) is 8.33. The second-order valence-electron chi connectivity index (χ2n) is 5.75. The number of halogens is 1. The second kappa shape index (κ2) is 7.15. The van der Waals surface area contributed by atoms with Gasteiger partial charge in [0.15, 0.2) is 0 Å². The van der Waals surface area contributed by atoms with E-state index in [9.17, 15) is 4.79 Å². The first kappa shape index (κ1) is 16.0. The summed E-state index contributed by atoms with van der Waals surface area (Å²) in [5.41, 5.74) is 1.74. The van der Waals surface area contributed by atoms with Gasteiger partial charge in [-0.1, -0.05) is 23.7 Å². The molecule has 122 valence electrons. The molecular formula is C17H21ClN4O. The van der Waals surface area contributed by atoms with Crippen molar-refractivity contribution in [3.63, 3.8) is 0 Å². The Morgan fingerprint density at radius 1 is 1.22 bits per heavy atom. The average molecular weight is 333 g/mol. The van der Waals surface area contributed by atoms with Crippen molar-refractivity contribution in [3.8, 4) is 0 Å². The van der Waals surface area contributed by atoms with Crippen molar-refractivity contribution in [2.45, 2.75) is 20.0 Å². The Balaban J connectivity index is 1.54. The number of hydrogen-bond donors (Lipinski definition) is 0. The van der Waals surface area contributed by atoms with E-state index in [-0.39, 0.29) is 5.91 Å². The highest BCUT2D eigenvalue weighted by atomic mass is 35.5. The number of aryl methyl sites for hydroxylation is 1. The summed E-state index contributed by atoms with van der Waals surface area (Å²) >= 11 is 6.03. The summed E-state index contributed by atoms with van der Waals surface area (Å²) in [4.78, 5) is 16.7. The fraction of sp³-hybridized carbons (Fsp3) is 0.412. The summed E-state index contributed by atoms with van der Waals surface area (Å²) < 4.78 is 1.78. The number of rotatable bonds is 4. The monoisotopic (exact) mass is 332 g/mol. The highest BCUT2D eigenvalue weighted by Crippen LogP contribution is 2.14. The number of carbonyl (C=O) groups is 1. The largest absolute Gasteiger partial charge is 0.335 e. The van der Waals surface area contributed by atoms with Gasteiger partial charge < -0.3 is 4.90 Å². The minimum atomic E-state index is 0.0274. The molecule has 1 aromatic carbocycles. The summed E-state index contributed by atoms with van der Waals surface area (Å²) in [5, 5.41) is 5.06. The van der Waals surface area contributed by atoms with Gasteiger partial charge in [0, 0.05) is 50.5 Å². The molecule has 0 aliphatic carbocycles. The van der Waals surface area contributed by atoms with Gasteiger partial charge in [0.1, 0.15) is 5.69 Å². The van der Waals surface area contributed by atoms with Crippen molar-refractivity contribution in [2.24, 2.45) is 0 Å². The summed E-state index contributed by atoms with van der Waals surface area (Å²) in [6, 6.07) is 9.74. The van der Waals surface area contributed by atoms with Gasteiger partial charge in [-0.15, -0.1) is 0 Å². The van der Waals surface area contributed by atoms with E-state index < -0.39 is 0 Å². The molecule has 23 heavy (non-hydrogen) atoms. The lowest BCUT2D eigenvalue weighted by atomic mass is 10.2. The second-order valence-corrected chi connectivity index (χ2v) is 6.19. The van der Waals surface area contributed by atoms with Crippen molar-refractivity contribution >= 4 is 17.5 Å². The molecule has 5 nitrogen and oxygen atoms in total. The topological polar surface area (TPSA) is 41.4 Å². The zero-order chi connectivity index (χ0) is 16.2. The van der Waals surface area contributed by atoms with E-state index in [2.05, 4.69) is 16.1 Å². The zero-order valence-electron chi connectivity index (χ0n) is 13.3. The predicted molar refractivity (Wildman–Crippen MR) is 90.5 cm³/mol. The van der Waals surface area contributed by atoms with Crippen LogP contribution in [0.1, 0.15) is 23.0 Å². The van der Waals surface area contributed by atoms with Crippen LogP contribution < -0.4 is 0 Å². The molecule has 1 aliphatic heterocycles. The van der Waals surface area contributed by atoms with Gasteiger partial charge in [-0.25, -0.2) is 0 Å². The number of hydrogen-bond acceptors (Lipinski definition) is 3. The van der Waals surface area contributed by atoms with E-state index in [1.54, 1.807) is 10.7 Å². The van der Waals surface area contributed by atoms with Crippen LogP contribution in [0, 0.1) is 0 Å². The Morgan fingerprint density at radius 2 is 2.00 bits per heavy atom. The molecule has 0 saturated carbocycles. The van der Waals surface area contributed by atoms with Crippen LogP contribution in [0.3, 0.4) is 0 Å². The van der Waals surface area contributed by atoms with Gasteiger partial charge in [-0.05, 0) is 30.7 Å². The lowest BCUT2D eigenvalue weighted by Gasteiger charge is -2.34. The smallest absolute Gasteiger partial charge is 0.274 e. The quantitative estimate of drug-likeness (QED) is 0.864. The molecule has 3 rings (SSSR count).